The smallest absolute Gasteiger partial charge is 0.418 e. The first kappa shape index (κ1) is 22.1. The van der Waals surface area contributed by atoms with Crippen LogP contribution in [-0.2, 0) is 6.18 Å². The normalized spacial score (nSPS) is 15.7. The fourth-order valence-electron chi connectivity index (χ4n) is 4.23. The van der Waals surface area contributed by atoms with Gasteiger partial charge < -0.3 is 25.7 Å². The second kappa shape index (κ2) is 7.94. The van der Waals surface area contributed by atoms with Gasteiger partial charge in [0.2, 0.25) is 0 Å². The number of nitrogen functional groups attached to an aromatic ring is 1. The number of ether oxygens (including phenoxy) is 1. The number of alkyl halides is 3. The molecular weight excluding hydrogens is 471 g/mol. The van der Waals surface area contributed by atoms with Gasteiger partial charge in [0.25, 0.3) is 0 Å². The molecule has 0 bridgehead atoms. The van der Waals surface area contributed by atoms with E-state index < -0.39 is 11.7 Å². The molecule has 8 nitrogen and oxygen atoms in total. The van der Waals surface area contributed by atoms with Crippen molar-refractivity contribution in [2.45, 2.75) is 26.1 Å². The van der Waals surface area contributed by atoms with Crippen molar-refractivity contribution in [3.8, 4) is 17.0 Å². The Bertz CT molecular complexity index is 1430. The van der Waals surface area contributed by atoms with E-state index in [4.69, 9.17) is 22.1 Å². The maximum Gasteiger partial charge on any atom is 0.418 e. The van der Waals surface area contributed by atoms with E-state index in [0.717, 1.165) is 5.69 Å². The Kier molecular flexibility index (Phi) is 5.16. The Labute approximate surface area is 196 Å². The summed E-state index contributed by atoms with van der Waals surface area (Å²) in [5.74, 6) is 0.884. The summed E-state index contributed by atoms with van der Waals surface area (Å²) in [6, 6.07) is 2.45. The van der Waals surface area contributed by atoms with Crippen molar-refractivity contribution in [2.75, 3.05) is 12.4 Å². The monoisotopic (exact) mass is 489 g/mol. The lowest BCUT2D eigenvalue weighted by Gasteiger charge is -2.30. The lowest BCUT2D eigenvalue weighted by atomic mass is 9.99. The molecule has 2 aliphatic rings. The van der Waals surface area contributed by atoms with E-state index in [1.165, 1.54) is 25.3 Å². The molecule has 0 spiro atoms. The van der Waals surface area contributed by atoms with E-state index >= 15 is 0 Å². The van der Waals surface area contributed by atoms with Crippen molar-refractivity contribution in [2.24, 2.45) is 4.99 Å². The molecule has 2 aromatic heterocycles. The van der Waals surface area contributed by atoms with E-state index in [-0.39, 0.29) is 46.1 Å². The Morgan fingerprint density at radius 2 is 2.09 bits per heavy atom. The zero-order chi connectivity index (χ0) is 24.2. The van der Waals surface area contributed by atoms with Crippen molar-refractivity contribution < 1.29 is 17.9 Å². The highest BCUT2D eigenvalue weighted by Gasteiger charge is 2.38. The number of hydrogen-bond donors (Lipinski definition) is 3. The van der Waals surface area contributed by atoms with Crippen LogP contribution in [0.4, 0.5) is 19.0 Å². The lowest BCUT2D eigenvalue weighted by molar-refractivity contribution is -0.137. The summed E-state index contributed by atoms with van der Waals surface area (Å²) in [7, 11) is 0. The van der Waals surface area contributed by atoms with Gasteiger partial charge in [0.1, 0.15) is 30.3 Å². The van der Waals surface area contributed by atoms with Crippen molar-refractivity contribution in [1.82, 2.24) is 25.2 Å². The van der Waals surface area contributed by atoms with Crippen molar-refractivity contribution in [3.63, 3.8) is 0 Å². The summed E-state index contributed by atoms with van der Waals surface area (Å²) < 4.78 is 47.8. The van der Waals surface area contributed by atoms with Gasteiger partial charge in [-0.2, -0.15) is 13.2 Å². The maximum absolute atomic E-state index is 14.0. The molecule has 0 saturated heterocycles. The van der Waals surface area contributed by atoms with E-state index in [0.29, 0.717) is 16.4 Å². The third kappa shape index (κ3) is 3.52. The average molecular weight is 490 g/mol. The summed E-state index contributed by atoms with van der Waals surface area (Å²) in [6.45, 7) is 3.47. The number of aromatic nitrogens is 3. The number of pyridine rings is 1. The summed E-state index contributed by atoms with van der Waals surface area (Å²) in [5.41, 5.74) is 5.36. The number of nitrogens with one attached hydrogen (secondary N) is 2. The molecule has 1 aromatic carbocycles. The molecule has 176 valence electrons. The van der Waals surface area contributed by atoms with E-state index in [1.54, 1.807) is 18.7 Å². The van der Waals surface area contributed by atoms with Crippen molar-refractivity contribution in [1.29, 1.82) is 0 Å². The molecule has 1 unspecified atom stereocenters. The predicted molar refractivity (Wildman–Crippen MR) is 120 cm³/mol. The van der Waals surface area contributed by atoms with Crippen LogP contribution in [0.5, 0.6) is 5.75 Å². The molecule has 4 heterocycles. The van der Waals surface area contributed by atoms with E-state index in [2.05, 4.69) is 25.3 Å². The number of H-pyrrole nitrogens is 1. The number of nitrogens with zero attached hydrogens (tertiary/aromatic N) is 4. The molecule has 34 heavy (non-hydrogen) atoms. The summed E-state index contributed by atoms with van der Waals surface area (Å²) in [5, 5.41) is 4.10. The van der Waals surface area contributed by atoms with Crippen LogP contribution >= 0.6 is 11.6 Å². The topological polar surface area (TPSA) is 104 Å². The molecule has 0 saturated carbocycles. The molecule has 0 fully saturated rings. The summed E-state index contributed by atoms with van der Waals surface area (Å²) >= 11 is 6.69. The zero-order valence-corrected chi connectivity index (χ0v) is 18.8. The standard InChI is InChI=1S/C22H19ClF3N7O/c1-10-5-15(27)32-19(17(10)22(24,25)26)12-6-14-16-20(18(12)23)30-9-31-21(16)33(3-4-34-14)11(2)13-7-28-8-29-13/h3-8,11,31H,9H2,1-2H3,(H2,27,32)(H,28,29). The number of benzene rings is 1. The van der Waals surface area contributed by atoms with Crippen molar-refractivity contribution >= 4 is 23.2 Å². The van der Waals surface area contributed by atoms with Crippen LogP contribution < -0.4 is 26.4 Å². The van der Waals surface area contributed by atoms with Gasteiger partial charge in [-0.3, -0.25) is 4.99 Å². The van der Waals surface area contributed by atoms with Gasteiger partial charge >= 0.3 is 6.18 Å². The van der Waals surface area contributed by atoms with E-state index in [1.807, 2.05) is 11.8 Å². The van der Waals surface area contributed by atoms with Gasteiger partial charge in [0, 0.05) is 11.8 Å². The number of halogens is 4. The molecule has 3 aromatic rings. The van der Waals surface area contributed by atoms with Crippen molar-refractivity contribution in [3.05, 3.63) is 69.5 Å². The molecule has 1 atom stereocenters. The van der Waals surface area contributed by atoms with E-state index in [9.17, 15) is 13.2 Å². The molecule has 5 rings (SSSR count). The molecule has 0 aliphatic carbocycles. The Morgan fingerprint density at radius 1 is 1.29 bits per heavy atom. The molecule has 0 radical (unpaired) electrons. The molecule has 4 N–H and O–H groups in total. The predicted octanol–water partition coefficient (Wildman–Crippen LogP) is 3.21. The van der Waals surface area contributed by atoms with Gasteiger partial charge in [0.05, 0.1) is 51.1 Å². The minimum absolute atomic E-state index is 0.0281. The number of hydrogen-bond acceptors (Lipinski definition) is 7. The van der Waals surface area contributed by atoms with Crippen LogP contribution in [0.2, 0.25) is 5.02 Å². The van der Waals surface area contributed by atoms with Crippen LogP contribution in [0.15, 0.2) is 42.1 Å². The quantitative estimate of drug-likeness (QED) is 0.522. The second-order valence-electron chi connectivity index (χ2n) is 7.88. The highest BCUT2D eigenvalue weighted by atomic mass is 35.5. The first-order chi connectivity index (χ1) is 16.2. The minimum Gasteiger partial charge on any atom is -0.463 e. The fraction of sp³-hybridized carbons (Fsp3) is 0.227. The Hall–Kier alpha value is -3.73. The maximum atomic E-state index is 14.0. The number of imidazole rings is 1. The first-order valence-electron chi connectivity index (χ1n) is 10.3. The Balaban J connectivity index is 1.79. The largest absolute Gasteiger partial charge is 0.463 e. The molecule has 0 amide bonds. The van der Waals surface area contributed by atoms with Gasteiger partial charge in [-0.1, -0.05) is 11.6 Å². The van der Waals surface area contributed by atoms with Crippen LogP contribution in [0.25, 0.3) is 17.1 Å². The average Bonchev–Trinajstić information content (AvgIpc) is 3.24. The number of nitrogens with two attached hydrogens (primary N) is 1. The minimum atomic E-state index is -4.67. The Morgan fingerprint density at radius 3 is 2.79 bits per heavy atom. The number of rotatable bonds is 3. The van der Waals surface area contributed by atoms with Crippen LogP contribution in [-0.4, -0.2) is 26.5 Å². The third-order valence-electron chi connectivity index (χ3n) is 5.76. The SMILES string of the molecule is Cc1cc(N)nc(-c2cc3c4c(c2Cl)=NCNC=4N(C(C)c2cnc[nH]2)C=CO3)c1C(F)(F)F. The lowest BCUT2D eigenvalue weighted by Crippen LogP contribution is -2.44. The van der Waals surface area contributed by atoms with Gasteiger partial charge in [-0.05, 0) is 31.5 Å². The number of aryl methyl sites for hydroxylation is 1. The van der Waals surface area contributed by atoms with Gasteiger partial charge in [0.15, 0.2) is 0 Å². The molecular formula is C22H19ClF3N7O. The number of aromatic amines is 1. The van der Waals surface area contributed by atoms with Gasteiger partial charge in [-0.15, -0.1) is 0 Å². The first-order valence-corrected chi connectivity index (χ1v) is 10.6. The third-order valence-corrected chi connectivity index (χ3v) is 6.14. The second-order valence-corrected chi connectivity index (χ2v) is 8.26. The highest BCUT2D eigenvalue weighted by Crippen LogP contribution is 2.41. The number of anilines is 1. The van der Waals surface area contributed by atoms with Gasteiger partial charge in [-0.25, -0.2) is 9.97 Å². The molecule has 2 aliphatic heterocycles. The summed E-state index contributed by atoms with van der Waals surface area (Å²) in [6.07, 6.45) is 1.80. The molecule has 12 heteroatoms. The zero-order valence-electron chi connectivity index (χ0n) is 18.0. The fourth-order valence-corrected chi connectivity index (χ4v) is 4.53. The van der Waals surface area contributed by atoms with Crippen LogP contribution in [0, 0.1) is 6.92 Å². The summed E-state index contributed by atoms with van der Waals surface area (Å²) in [4.78, 5) is 17.5. The van der Waals surface area contributed by atoms with Crippen LogP contribution in [0.3, 0.4) is 0 Å². The van der Waals surface area contributed by atoms with Crippen LogP contribution in [0.1, 0.15) is 29.8 Å². The highest BCUT2D eigenvalue weighted by molar-refractivity contribution is 6.33.